The summed E-state index contributed by atoms with van der Waals surface area (Å²) in [5.74, 6) is -1.99. The quantitative estimate of drug-likeness (QED) is 0.251. The summed E-state index contributed by atoms with van der Waals surface area (Å²) in [6, 6.07) is 3.27. The number of nitrogens with one attached hydrogen (secondary N) is 2. The van der Waals surface area contributed by atoms with Crippen molar-refractivity contribution < 1.29 is 44.0 Å². The van der Waals surface area contributed by atoms with E-state index >= 15 is 0 Å². The van der Waals surface area contributed by atoms with Gasteiger partial charge in [-0.15, -0.1) is 0 Å². The van der Waals surface area contributed by atoms with Crippen LogP contribution in [0.3, 0.4) is 0 Å². The van der Waals surface area contributed by atoms with Crippen molar-refractivity contribution in [2.45, 2.75) is 56.6 Å². The second kappa shape index (κ2) is 12.8. The van der Waals surface area contributed by atoms with Crippen LogP contribution >= 0.6 is 0 Å². The van der Waals surface area contributed by atoms with E-state index in [1.807, 2.05) is 27.0 Å². The molecule has 1 fully saturated rings. The molecule has 0 spiro atoms. The number of piperidine rings is 1. The zero-order valence-corrected chi connectivity index (χ0v) is 24.2. The predicted octanol–water partition coefficient (Wildman–Crippen LogP) is 0.855. The second-order valence-corrected chi connectivity index (χ2v) is 10.8. The summed E-state index contributed by atoms with van der Waals surface area (Å²) in [6.45, 7) is 4.26. The molecule has 1 heterocycles. The summed E-state index contributed by atoms with van der Waals surface area (Å²) in [6.07, 6.45) is 1.20. The number of phenolic OH excluding ortho intramolecular Hbond substituents is 1. The summed E-state index contributed by atoms with van der Waals surface area (Å²) >= 11 is 0. The number of allylic oxidation sites excluding steroid dienone is 1. The van der Waals surface area contributed by atoms with E-state index in [0.29, 0.717) is 30.0 Å². The van der Waals surface area contributed by atoms with E-state index in [9.17, 15) is 29.4 Å². The van der Waals surface area contributed by atoms with Crippen molar-refractivity contribution in [1.82, 2.24) is 20.4 Å². The Labute approximate surface area is 239 Å². The first kappa shape index (κ1) is 31.7. The molecule has 2 aliphatic rings. The van der Waals surface area contributed by atoms with Crippen molar-refractivity contribution in [2.24, 2.45) is 0 Å². The van der Waals surface area contributed by atoms with E-state index in [4.69, 9.17) is 14.6 Å². The lowest BCUT2D eigenvalue weighted by molar-refractivity contribution is -0.141. The SMILES string of the molecule is COc1ccc(C)c([C@]23CCN(C)C(C)C2(O)CC=C(OC(=O)N(C)CCNC(=O)CNC(=O)CC(=O)O)C3)c1O. The number of rotatable bonds is 10. The molecule has 1 aliphatic carbocycles. The molecule has 0 bridgehead atoms. The zero-order valence-electron chi connectivity index (χ0n) is 24.2. The highest BCUT2D eigenvalue weighted by atomic mass is 16.6. The summed E-state index contributed by atoms with van der Waals surface area (Å²) in [5.41, 5.74) is -0.852. The number of carbonyl (C=O) groups is 4. The minimum Gasteiger partial charge on any atom is -0.504 e. The third-order valence-electron chi connectivity index (χ3n) is 8.29. The number of aliphatic carboxylic acids is 1. The van der Waals surface area contributed by atoms with Gasteiger partial charge in [0, 0.05) is 50.0 Å². The van der Waals surface area contributed by atoms with Crippen LogP contribution in [-0.2, 0) is 24.5 Å². The maximum Gasteiger partial charge on any atom is 0.414 e. The topological polar surface area (TPSA) is 178 Å². The Kier molecular flexibility index (Phi) is 9.87. The summed E-state index contributed by atoms with van der Waals surface area (Å²) < 4.78 is 11.1. The van der Waals surface area contributed by atoms with E-state index in [1.54, 1.807) is 12.1 Å². The number of carboxylic acid groups (broad SMARTS) is 1. The number of likely N-dealkylation sites (N-methyl/N-ethyl adjacent to an activating group) is 2. The molecule has 0 saturated carbocycles. The van der Waals surface area contributed by atoms with Crippen molar-refractivity contribution in [3.05, 3.63) is 35.1 Å². The molecule has 226 valence electrons. The molecular weight excluding hydrogens is 536 g/mol. The van der Waals surface area contributed by atoms with Crippen molar-refractivity contribution in [2.75, 3.05) is 47.4 Å². The Hall–Kier alpha value is -3.84. The van der Waals surface area contributed by atoms with Crippen molar-refractivity contribution >= 4 is 23.9 Å². The molecule has 0 radical (unpaired) electrons. The van der Waals surface area contributed by atoms with Crippen molar-refractivity contribution in [1.29, 1.82) is 0 Å². The smallest absolute Gasteiger partial charge is 0.414 e. The van der Waals surface area contributed by atoms with Crippen LogP contribution in [0.5, 0.6) is 11.5 Å². The number of amides is 3. The molecule has 13 heteroatoms. The fraction of sp³-hybridized carbons (Fsp3) is 0.571. The van der Waals surface area contributed by atoms with E-state index in [-0.39, 0.29) is 44.3 Å². The molecule has 3 amide bonds. The van der Waals surface area contributed by atoms with Gasteiger partial charge in [-0.3, -0.25) is 14.4 Å². The van der Waals surface area contributed by atoms with Gasteiger partial charge in [0.2, 0.25) is 11.8 Å². The van der Waals surface area contributed by atoms with Gasteiger partial charge in [0.05, 0.1) is 19.3 Å². The number of hydrogen-bond donors (Lipinski definition) is 5. The minimum atomic E-state index is -1.30. The molecular formula is C28H40N4O9. The highest BCUT2D eigenvalue weighted by Gasteiger charge is 2.61. The highest BCUT2D eigenvalue weighted by Crippen LogP contribution is 2.57. The first-order valence-electron chi connectivity index (χ1n) is 13.4. The number of aromatic hydroxyl groups is 1. The molecule has 3 rings (SSSR count). The molecule has 41 heavy (non-hydrogen) atoms. The molecule has 1 saturated heterocycles. The van der Waals surface area contributed by atoms with E-state index < -0.39 is 41.3 Å². The first-order chi connectivity index (χ1) is 19.3. The van der Waals surface area contributed by atoms with Crippen LogP contribution in [0, 0.1) is 6.92 Å². The van der Waals surface area contributed by atoms with Crippen LogP contribution in [0.4, 0.5) is 4.79 Å². The summed E-state index contributed by atoms with van der Waals surface area (Å²) in [5, 5.41) is 36.8. The van der Waals surface area contributed by atoms with Gasteiger partial charge < -0.3 is 45.2 Å². The average Bonchev–Trinajstić information content (AvgIpc) is 2.91. The van der Waals surface area contributed by atoms with Gasteiger partial charge in [-0.25, -0.2) is 4.79 Å². The number of benzene rings is 1. The van der Waals surface area contributed by atoms with Crippen LogP contribution in [0.15, 0.2) is 24.0 Å². The Morgan fingerprint density at radius 3 is 2.56 bits per heavy atom. The van der Waals surface area contributed by atoms with Crippen LogP contribution < -0.4 is 15.4 Å². The number of phenols is 1. The van der Waals surface area contributed by atoms with Gasteiger partial charge in [-0.2, -0.15) is 0 Å². The van der Waals surface area contributed by atoms with E-state index in [2.05, 4.69) is 15.5 Å². The van der Waals surface area contributed by atoms with Gasteiger partial charge in [-0.1, -0.05) is 6.07 Å². The highest BCUT2D eigenvalue weighted by molar-refractivity contribution is 5.95. The molecule has 1 aromatic rings. The van der Waals surface area contributed by atoms with Gasteiger partial charge in [-0.05, 0) is 51.6 Å². The number of nitrogens with zero attached hydrogens (tertiary/aromatic N) is 2. The molecule has 13 nitrogen and oxygen atoms in total. The van der Waals surface area contributed by atoms with Gasteiger partial charge in [0.1, 0.15) is 12.2 Å². The van der Waals surface area contributed by atoms with E-state index in [0.717, 1.165) is 5.56 Å². The average molecular weight is 577 g/mol. The van der Waals surface area contributed by atoms with Gasteiger partial charge >= 0.3 is 12.1 Å². The van der Waals surface area contributed by atoms with Crippen LogP contribution in [0.25, 0.3) is 0 Å². The lowest BCUT2D eigenvalue weighted by Gasteiger charge is -2.59. The summed E-state index contributed by atoms with van der Waals surface area (Å²) in [7, 11) is 4.92. The molecule has 0 aromatic heterocycles. The molecule has 5 N–H and O–H groups in total. The number of carbonyl (C=O) groups excluding carboxylic acids is 3. The fourth-order valence-corrected chi connectivity index (χ4v) is 5.82. The third kappa shape index (κ3) is 6.57. The Bertz CT molecular complexity index is 1220. The Balaban J connectivity index is 1.71. The number of methoxy groups -OCH3 is 1. The number of ether oxygens (including phenoxy) is 2. The maximum atomic E-state index is 12.9. The zero-order chi connectivity index (χ0) is 30.5. The normalized spacial score (nSPS) is 24.0. The van der Waals surface area contributed by atoms with E-state index in [1.165, 1.54) is 19.1 Å². The standard InChI is InChI=1S/C28H40N4O9/c1-17-6-7-20(40-5)25(37)24(17)27-10-12-31(3)18(2)28(27,39)9-8-19(15-27)41-26(38)32(4)13-11-29-22(34)16-30-21(33)14-23(35)36/h6-8,18,37,39H,9-16H2,1-5H3,(H,29,34)(H,30,33)(H,35,36)/t18?,27-,28?/m1/s1. The molecule has 3 atom stereocenters. The summed E-state index contributed by atoms with van der Waals surface area (Å²) in [4.78, 5) is 50.1. The molecule has 2 unspecified atom stereocenters. The van der Waals surface area contributed by atoms with Gasteiger partial charge in [0.25, 0.3) is 0 Å². The number of likely N-dealkylation sites (tertiary alicyclic amines) is 1. The molecule has 1 aliphatic heterocycles. The Morgan fingerprint density at radius 2 is 1.90 bits per heavy atom. The number of hydrogen-bond acceptors (Lipinski definition) is 9. The predicted molar refractivity (Wildman–Crippen MR) is 147 cm³/mol. The van der Waals surface area contributed by atoms with Gasteiger partial charge in [0.15, 0.2) is 11.5 Å². The first-order valence-corrected chi connectivity index (χ1v) is 13.4. The number of aliphatic hydroxyl groups is 1. The number of aryl methyl sites for hydroxylation is 1. The van der Waals surface area contributed by atoms with Crippen molar-refractivity contribution in [3.63, 3.8) is 0 Å². The largest absolute Gasteiger partial charge is 0.504 e. The number of fused-ring (bicyclic) bond motifs is 1. The lowest BCUT2D eigenvalue weighted by atomic mass is 9.54. The Morgan fingerprint density at radius 1 is 1.20 bits per heavy atom. The maximum absolute atomic E-state index is 12.9. The minimum absolute atomic E-state index is 0.0396. The van der Waals surface area contributed by atoms with Crippen molar-refractivity contribution in [3.8, 4) is 11.5 Å². The number of carboxylic acids is 1. The van der Waals surface area contributed by atoms with Crippen LogP contribution in [0.1, 0.15) is 43.7 Å². The monoisotopic (exact) mass is 576 g/mol. The second-order valence-electron chi connectivity index (χ2n) is 10.8. The third-order valence-corrected chi connectivity index (χ3v) is 8.29. The fourth-order valence-electron chi connectivity index (χ4n) is 5.82. The molecule has 1 aromatic carbocycles. The van der Waals surface area contributed by atoms with Crippen LogP contribution in [-0.4, -0.2) is 108 Å². The van der Waals surface area contributed by atoms with Crippen LogP contribution in [0.2, 0.25) is 0 Å². The lowest BCUT2D eigenvalue weighted by Crippen LogP contribution is -2.68.